The molecule has 1 fully saturated rings. The summed E-state index contributed by atoms with van der Waals surface area (Å²) in [5.74, 6) is 1.06. The van der Waals surface area contributed by atoms with Crippen LogP contribution in [0.5, 0.6) is 0 Å². The average molecular weight is 542 g/mol. The smallest absolute Gasteiger partial charge is 0.293 e. The first-order valence-electron chi connectivity index (χ1n) is 13.3. The third kappa shape index (κ3) is 4.91. The Morgan fingerprint density at radius 3 is 2.39 bits per heavy atom. The minimum Gasteiger partial charge on any atom is -0.373 e. The summed E-state index contributed by atoms with van der Waals surface area (Å²) in [7, 11) is 0. The van der Waals surface area contributed by atoms with Crippen molar-refractivity contribution in [2.45, 2.75) is 64.7 Å². The maximum absolute atomic E-state index is 9.88. The topological polar surface area (TPSA) is 131 Å². The Labute approximate surface area is 238 Å². The summed E-state index contributed by atoms with van der Waals surface area (Å²) in [6.07, 6.45) is 11.1. The number of hydrogen-bond donors (Lipinski definition) is 0. The van der Waals surface area contributed by atoms with Crippen molar-refractivity contribution in [2.24, 2.45) is 5.41 Å². The summed E-state index contributed by atoms with van der Waals surface area (Å²) >= 11 is 0. The number of rotatable bonds is 6. The Bertz CT molecular complexity index is 1790. The minimum absolute atomic E-state index is 0.0228. The standard InChI is InChI=1S/C30H27N11/c1-29(2,23-10-9-11-25(38-23)41-19-37-26(33-4)28(41)34-5)24-17-35-20(14-30(3)12-7-6-8-13-30)27(39-24)40-18-36-21(15-31)22(40)16-32/h9-11,17-19H,6-8,12-14H2,1-3H3. The van der Waals surface area contributed by atoms with Gasteiger partial charge in [0.15, 0.2) is 17.2 Å². The van der Waals surface area contributed by atoms with Crippen molar-refractivity contribution in [3.05, 3.63) is 88.4 Å². The molecule has 0 aliphatic heterocycles. The van der Waals surface area contributed by atoms with E-state index in [4.69, 9.17) is 28.1 Å². The van der Waals surface area contributed by atoms with E-state index in [1.165, 1.54) is 36.5 Å². The SMILES string of the molecule is [C-]#[N+]c1ncn(-c2cccc(C(C)(C)c3cnc(CC4(C)CCCCC4)c(-n4cnc(C#N)c4C#N)n3)n2)c1[N+]#[C-]. The van der Waals surface area contributed by atoms with Gasteiger partial charge in [-0.25, -0.2) is 19.5 Å². The van der Waals surface area contributed by atoms with Crippen LogP contribution in [0.25, 0.3) is 21.3 Å². The summed E-state index contributed by atoms with van der Waals surface area (Å²) in [6, 6.07) is 9.56. The second kappa shape index (κ2) is 10.6. The van der Waals surface area contributed by atoms with Crippen LogP contribution in [-0.4, -0.2) is 34.1 Å². The fourth-order valence-corrected chi connectivity index (χ4v) is 5.43. The maximum Gasteiger partial charge on any atom is 0.293 e. The molecule has 0 bridgehead atoms. The molecule has 0 unspecified atom stereocenters. The van der Waals surface area contributed by atoms with Crippen molar-refractivity contribution in [2.75, 3.05) is 0 Å². The Hall–Kier alpha value is -5.39. The molecule has 1 aliphatic rings. The van der Waals surface area contributed by atoms with E-state index in [2.05, 4.69) is 32.7 Å². The molecule has 0 spiro atoms. The molecular weight excluding hydrogens is 514 g/mol. The number of pyridine rings is 1. The zero-order valence-corrected chi connectivity index (χ0v) is 23.1. The van der Waals surface area contributed by atoms with Crippen LogP contribution in [0.2, 0.25) is 0 Å². The van der Waals surface area contributed by atoms with E-state index in [0.29, 0.717) is 29.4 Å². The molecule has 1 aliphatic carbocycles. The van der Waals surface area contributed by atoms with Crippen molar-refractivity contribution < 1.29 is 0 Å². The normalized spacial score (nSPS) is 14.4. The van der Waals surface area contributed by atoms with Gasteiger partial charge in [0.25, 0.3) is 18.0 Å². The van der Waals surface area contributed by atoms with Crippen molar-refractivity contribution in [1.82, 2.24) is 34.1 Å². The zero-order valence-electron chi connectivity index (χ0n) is 23.1. The van der Waals surface area contributed by atoms with Gasteiger partial charge in [-0.1, -0.05) is 50.4 Å². The molecule has 0 amide bonds. The van der Waals surface area contributed by atoms with Gasteiger partial charge < -0.3 is 9.69 Å². The van der Waals surface area contributed by atoms with Gasteiger partial charge in [-0.3, -0.25) is 9.55 Å². The monoisotopic (exact) mass is 541 g/mol. The van der Waals surface area contributed by atoms with E-state index < -0.39 is 5.41 Å². The molecule has 0 N–H and O–H groups in total. The molecule has 4 heterocycles. The lowest BCUT2D eigenvalue weighted by Gasteiger charge is -2.34. The number of nitrogens with zero attached hydrogens (tertiary/aromatic N) is 11. The molecule has 1 saturated carbocycles. The Morgan fingerprint density at radius 1 is 0.951 bits per heavy atom. The van der Waals surface area contributed by atoms with Crippen LogP contribution in [0, 0.1) is 41.2 Å². The van der Waals surface area contributed by atoms with Gasteiger partial charge in [0.05, 0.1) is 22.5 Å². The number of imidazole rings is 2. The van der Waals surface area contributed by atoms with Gasteiger partial charge in [-0.2, -0.15) is 10.5 Å². The molecule has 11 nitrogen and oxygen atoms in total. The quantitative estimate of drug-likeness (QED) is 0.277. The van der Waals surface area contributed by atoms with Crippen molar-refractivity contribution in [3.8, 4) is 23.8 Å². The molecule has 5 rings (SSSR count). The summed E-state index contributed by atoms with van der Waals surface area (Å²) in [6.45, 7) is 21.0. The molecule has 0 aromatic carbocycles. The maximum atomic E-state index is 9.88. The fourth-order valence-electron chi connectivity index (χ4n) is 5.43. The van der Waals surface area contributed by atoms with Crippen molar-refractivity contribution >= 4 is 11.6 Å². The van der Waals surface area contributed by atoms with E-state index >= 15 is 0 Å². The predicted octanol–water partition coefficient (Wildman–Crippen LogP) is 5.93. The Morgan fingerprint density at radius 2 is 1.71 bits per heavy atom. The predicted molar refractivity (Wildman–Crippen MR) is 149 cm³/mol. The summed E-state index contributed by atoms with van der Waals surface area (Å²) in [5, 5.41) is 19.4. The van der Waals surface area contributed by atoms with Gasteiger partial charge in [-0.05, 0) is 44.6 Å². The van der Waals surface area contributed by atoms with E-state index in [1.54, 1.807) is 16.8 Å². The molecule has 0 radical (unpaired) electrons. The van der Waals surface area contributed by atoms with Crippen LogP contribution < -0.4 is 0 Å². The van der Waals surface area contributed by atoms with Crippen LogP contribution in [-0.2, 0) is 11.8 Å². The number of hydrogen-bond acceptors (Lipinski definition) is 7. The lowest BCUT2D eigenvalue weighted by Crippen LogP contribution is -2.27. The number of aromatic nitrogens is 7. The molecule has 11 heteroatoms. The van der Waals surface area contributed by atoms with Crippen LogP contribution in [0.15, 0.2) is 37.1 Å². The molecule has 0 saturated heterocycles. The highest BCUT2D eigenvalue weighted by Gasteiger charge is 2.33. The largest absolute Gasteiger partial charge is 0.373 e. The van der Waals surface area contributed by atoms with E-state index in [0.717, 1.165) is 18.5 Å². The number of nitriles is 2. The highest BCUT2D eigenvalue weighted by Crippen LogP contribution is 2.40. The van der Waals surface area contributed by atoms with E-state index in [9.17, 15) is 10.5 Å². The zero-order chi connectivity index (χ0) is 29.2. The highest BCUT2D eigenvalue weighted by molar-refractivity contribution is 5.64. The van der Waals surface area contributed by atoms with Crippen molar-refractivity contribution in [3.63, 3.8) is 0 Å². The van der Waals surface area contributed by atoms with Gasteiger partial charge in [0.1, 0.15) is 18.5 Å². The van der Waals surface area contributed by atoms with Gasteiger partial charge >= 0.3 is 0 Å². The first-order chi connectivity index (χ1) is 19.7. The molecule has 202 valence electrons. The second-order valence-corrected chi connectivity index (χ2v) is 11.1. The Balaban J connectivity index is 1.62. The Kier molecular flexibility index (Phi) is 7.06. The first kappa shape index (κ1) is 27.2. The highest BCUT2D eigenvalue weighted by atomic mass is 15.2. The molecule has 4 aromatic heterocycles. The van der Waals surface area contributed by atoms with Crippen LogP contribution in [0.3, 0.4) is 0 Å². The molecular formula is C30H27N11. The summed E-state index contributed by atoms with van der Waals surface area (Å²) in [5.41, 5.74) is 1.52. The molecule has 0 atom stereocenters. The molecule has 4 aromatic rings. The van der Waals surface area contributed by atoms with Gasteiger partial charge in [-0.15, -0.1) is 0 Å². The lowest BCUT2D eigenvalue weighted by atomic mass is 9.72. The van der Waals surface area contributed by atoms with E-state index in [1.807, 2.05) is 32.0 Å². The summed E-state index contributed by atoms with van der Waals surface area (Å²) in [4.78, 5) is 29.8. The third-order valence-electron chi connectivity index (χ3n) is 7.89. The average Bonchev–Trinajstić information content (AvgIpc) is 3.61. The minimum atomic E-state index is -0.738. The summed E-state index contributed by atoms with van der Waals surface area (Å²) < 4.78 is 3.06. The van der Waals surface area contributed by atoms with E-state index in [-0.39, 0.29) is 28.4 Å². The van der Waals surface area contributed by atoms with Crippen molar-refractivity contribution in [1.29, 1.82) is 10.5 Å². The van der Waals surface area contributed by atoms with Crippen LogP contribution in [0.4, 0.5) is 11.6 Å². The molecule has 41 heavy (non-hydrogen) atoms. The van der Waals surface area contributed by atoms with Crippen LogP contribution in [0.1, 0.15) is 81.3 Å². The fraction of sp³-hybridized carbons (Fsp3) is 0.367. The second-order valence-electron chi connectivity index (χ2n) is 11.1. The first-order valence-corrected chi connectivity index (χ1v) is 13.3. The lowest BCUT2D eigenvalue weighted by molar-refractivity contribution is 0.212. The third-order valence-corrected chi connectivity index (χ3v) is 7.89. The van der Waals surface area contributed by atoms with Crippen LogP contribution >= 0.6 is 0 Å². The van der Waals surface area contributed by atoms with Gasteiger partial charge in [0, 0.05) is 12.3 Å². The van der Waals surface area contributed by atoms with Gasteiger partial charge in [0.2, 0.25) is 5.82 Å².